The third-order valence-electron chi connectivity index (χ3n) is 4.35. The van der Waals surface area contributed by atoms with Gasteiger partial charge in [-0.3, -0.25) is 4.40 Å². The Labute approximate surface area is 140 Å². The zero-order valence-electron chi connectivity index (χ0n) is 12.9. The van der Waals surface area contributed by atoms with Gasteiger partial charge in [-0.05, 0) is 24.1 Å². The summed E-state index contributed by atoms with van der Waals surface area (Å²) in [5.41, 5.74) is 0.267. The Morgan fingerprint density at radius 3 is 2.88 bits per heavy atom. The molecule has 9 heteroatoms. The Kier molecular flexibility index (Phi) is 3.60. The Morgan fingerprint density at radius 1 is 1.24 bits per heavy atom. The van der Waals surface area contributed by atoms with Gasteiger partial charge in [0.2, 0.25) is 5.65 Å². The summed E-state index contributed by atoms with van der Waals surface area (Å²) in [6.45, 7) is 0.264. The highest BCUT2D eigenvalue weighted by molar-refractivity contribution is 5.65. The maximum Gasteiger partial charge on any atom is 0.416 e. The number of aliphatic hydroxyl groups excluding tert-OH is 1. The maximum atomic E-state index is 13.0. The molecule has 1 N–H and O–H groups in total. The minimum atomic E-state index is -4.41. The first-order valence-corrected chi connectivity index (χ1v) is 7.69. The van der Waals surface area contributed by atoms with Gasteiger partial charge in [-0.2, -0.15) is 13.2 Å². The number of halogens is 3. The summed E-state index contributed by atoms with van der Waals surface area (Å²) in [4.78, 5) is 6.09. The zero-order chi connectivity index (χ0) is 17.6. The average molecular weight is 349 g/mol. The van der Waals surface area contributed by atoms with Gasteiger partial charge in [0.05, 0.1) is 17.7 Å². The van der Waals surface area contributed by atoms with E-state index in [2.05, 4.69) is 15.2 Å². The van der Waals surface area contributed by atoms with E-state index in [1.54, 1.807) is 27.8 Å². The van der Waals surface area contributed by atoms with E-state index in [9.17, 15) is 18.3 Å². The van der Waals surface area contributed by atoms with E-state index >= 15 is 0 Å². The highest BCUT2D eigenvalue weighted by Gasteiger charge is 2.36. The predicted molar refractivity (Wildman–Crippen MR) is 82.9 cm³/mol. The van der Waals surface area contributed by atoms with Gasteiger partial charge >= 0.3 is 6.18 Å². The van der Waals surface area contributed by atoms with Crippen LogP contribution >= 0.6 is 0 Å². The number of anilines is 1. The molecule has 4 rings (SSSR count). The molecule has 0 unspecified atom stereocenters. The fraction of sp³-hybridized carbons (Fsp3) is 0.312. The molecule has 0 aliphatic carbocycles. The number of benzene rings is 1. The molecule has 0 spiro atoms. The fourth-order valence-corrected chi connectivity index (χ4v) is 3.23. The number of alkyl halides is 3. The number of β-amino-alcohol motifs (C(OH)–C–C–N with tert-alkyl or cyclic N) is 1. The molecule has 0 radical (unpaired) electrons. The SMILES string of the molecule is O[C@@H]1C[C@H](c2cccc(C(F)(F)F)c2)N(c2nccn3cnnc23)C1. The summed E-state index contributed by atoms with van der Waals surface area (Å²) in [6, 6.07) is 4.75. The van der Waals surface area contributed by atoms with Gasteiger partial charge in [0, 0.05) is 18.9 Å². The molecular formula is C16H14F3N5O. The van der Waals surface area contributed by atoms with E-state index in [1.807, 2.05) is 0 Å². The summed E-state index contributed by atoms with van der Waals surface area (Å²) >= 11 is 0. The lowest BCUT2D eigenvalue weighted by Crippen LogP contribution is -2.26. The molecule has 1 saturated heterocycles. The normalized spacial score (nSPS) is 21.2. The van der Waals surface area contributed by atoms with Crippen LogP contribution in [0.4, 0.5) is 19.0 Å². The third kappa shape index (κ3) is 2.80. The number of rotatable bonds is 2. The Hall–Kier alpha value is -2.68. The number of nitrogens with zero attached hydrogens (tertiary/aromatic N) is 5. The van der Waals surface area contributed by atoms with Crippen molar-refractivity contribution in [2.45, 2.75) is 24.7 Å². The molecule has 1 aliphatic heterocycles. The molecule has 1 aliphatic rings. The lowest BCUT2D eigenvalue weighted by atomic mass is 10.0. The molecule has 130 valence electrons. The molecule has 0 amide bonds. The summed E-state index contributed by atoms with van der Waals surface area (Å²) in [5.74, 6) is 0.485. The number of hydrogen-bond acceptors (Lipinski definition) is 5. The van der Waals surface area contributed by atoms with Gasteiger partial charge in [-0.1, -0.05) is 12.1 Å². The van der Waals surface area contributed by atoms with Crippen LogP contribution in [0.15, 0.2) is 43.0 Å². The number of aromatic nitrogens is 4. The minimum Gasteiger partial charge on any atom is -0.391 e. The second-order valence-corrected chi connectivity index (χ2v) is 5.99. The quantitative estimate of drug-likeness (QED) is 0.770. The van der Waals surface area contributed by atoms with Crippen LogP contribution in [-0.2, 0) is 6.18 Å². The third-order valence-corrected chi connectivity index (χ3v) is 4.35. The van der Waals surface area contributed by atoms with E-state index in [0.717, 1.165) is 12.1 Å². The molecule has 3 aromatic rings. The van der Waals surface area contributed by atoms with Gasteiger partial charge < -0.3 is 10.0 Å². The Bertz CT molecular complexity index is 910. The molecule has 1 aromatic carbocycles. The van der Waals surface area contributed by atoms with Gasteiger partial charge in [0.25, 0.3) is 0 Å². The van der Waals surface area contributed by atoms with Crippen LogP contribution in [0.1, 0.15) is 23.6 Å². The number of aliphatic hydroxyl groups is 1. The predicted octanol–water partition coefficient (Wildman–Crippen LogP) is 2.46. The van der Waals surface area contributed by atoms with Crippen LogP contribution in [0.5, 0.6) is 0 Å². The molecule has 2 atom stereocenters. The second-order valence-electron chi connectivity index (χ2n) is 5.99. The van der Waals surface area contributed by atoms with Gasteiger partial charge in [-0.25, -0.2) is 4.98 Å². The van der Waals surface area contributed by atoms with Crippen molar-refractivity contribution in [2.24, 2.45) is 0 Å². The van der Waals surface area contributed by atoms with E-state index in [4.69, 9.17) is 0 Å². The molecule has 25 heavy (non-hydrogen) atoms. The topological polar surface area (TPSA) is 66.5 Å². The van der Waals surface area contributed by atoms with E-state index in [1.165, 1.54) is 12.4 Å². The van der Waals surface area contributed by atoms with Crippen molar-refractivity contribution in [1.82, 2.24) is 19.6 Å². The average Bonchev–Trinajstić information content (AvgIpc) is 3.20. The van der Waals surface area contributed by atoms with Gasteiger partial charge in [0.15, 0.2) is 5.82 Å². The zero-order valence-corrected chi connectivity index (χ0v) is 12.9. The van der Waals surface area contributed by atoms with Crippen LogP contribution in [0, 0.1) is 0 Å². The van der Waals surface area contributed by atoms with Crippen LogP contribution in [0.25, 0.3) is 5.65 Å². The van der Waals surface area contributed by atoms with Crippen molar-refractivity contribution in [1.29, 1.82) is 0 Å². The number of hydrogen-bond donors (Lipinski definition) is 1. The van der Waals surface area contributed by atoms with Crippen molar-refractivity contribution in [2.75, 3.05) is 11.4 Å². The molecule has 2 aromatic heterocycles. The minimum absolute atomic E-state index is 0.264. The molecule has 1 fully saturated rings. The second kappa shape index (κ2) is 5.69. The maximum absolute atomic E-state index is 13.0. The van der Waals surface area contributed by atoms with E-state index in [-0.39, 0.29) is 6.54 Å². The molecule has 3 heterocycles. The Balaban J connectivity index is 1.77. The van der Waals surface area contributed by atoms with Gasteiger partial charge in [0.1, 0.15) is 6.33 Å². The van der Waals surface area contributed by atoms with Crippen LogP contribution in [0.2, 0.25) is 0 Å². The van der Waals surface area contributed by atoms with Crippen LogP contribution in [0.3, 0.4) is 0 Å². The van der Waals surface area contributed by atoms with E-state index in [0.29, 0.717) is 23.4 Å². The monoisotopic (exact) mass is 349 g/mol. The first kappa shape index (κ1) is 15.8. The molecular weight excluding hydrogens is 335 g/mol. The lowest BCUT2D eigenvalue weighted by Gasteiger charge is -2.26. The summed E-state index contributed by atoms with van der Waals surface area (Å²) in [6.07, 6.45) is 0.0161. The largest absolute Gasteiger partial charge is 0.416 e. The first-order valence-electron chi connectivity index (χ1n) is 7.69. The first-order chi connectivity index (χ1) is 11.9. The van der Waals surface area contributed by atoms with Crippen molar-refractivity contribution < 1.29 is 18.3 Å². The fourth-order valence-electron chi connectivity index (χ4n) is 3.23. The van der Waals surface area contributed by atoms with Gasteiger partial charge in [-0.15, -0.1) is 10.2 Å². The summed E-state index contributed by atoms with van der Waals surface area (Å²) < 4.78 is 40.7. The highest BCUT2D eigenvalue weighted by Crippen LogP contribution is 2.38. The Morgan fingerprint density at radius 2 is 2.08 bits per heavy atom. The molecule has 0 bridgehead atoms. The molecule has 0 saturated carbocycles. The van der Waals surface area contributed by atoms with Crippen LogP contribution in [-0.4, -0.2) is 37.3 Å². The van der Waals surface area contributed by atoms with Crippen LogP contribution < -0.4 is 4.90 Å². The highest BCUT2D eigenvalue weighted by atomic mass is 19.4. The van der Waals surface area contributed by atoms with Crippen molar-refractivity contribution in [3.05, 3.63) is 54.1 Å². The summed E-state index contributed by atoms with van der Waals surface area (Å²) in [5, 5.41) is 18.0. The van der Waals surface area contributed by atoms with Crippen molar-refractivity contribution >= 4 is 11.5 Å². The summed E-state index contributed by atoms with van der Waals surface area (Å²) in [7, 11) is 0. The lowest BCUT2D eigenvalue weighted by molar-refractivity contribution is -0.137. The van der Waals surface area contributed by atoms with E-state index < -0.39 is 23.9 Å². The molecule has 6 nitrogen and oxygen atoms in total. The smallest absolute Gasteiger partial charge is 0.391 e. The number of fused-ring (bicyclic) bond motifs is 1. The van der Waals surface area contributed by atoms with Crippen molar-refractivity contribution in [3.8, 4) is 0 Å². The standard InChI is InChI=1S/C16H14F3N5O/c17-16(18,19)11-3-1-2-10(6-11)13-7-12(25)8-24(13)14-15-22-21-9-23(15)5-4-20-14/h1-6,9,12-13,25H,7-8H2/t12-,13-/m1/s1. The van der Waals surface area contributed by atoms with Crippen molar-refractivity contribution in [3.63, 3.8) is 0 Å².